The molecule has 0 N–H and O–H groups in total. The van der Waals surface area contributed by atoms with Gasteiger partial charge in [-0.1, -0.05) is 11.6 Å². The summed E-state index contributed by atoms with van der Waals surface area (Å²) in [6.07, 6.45) is 0. The van der Waals surface area contributed by atoms with Crippen molar-refractivity contribution in [1.82, 2.24) is 9.97 Å². The van der Waals surface area contributed by atoms with Crippen molar-refractivity contribution in [2.75, 3.05) is 24.6 Å². The first-order valence-corrected chi connectivity index (χ1v) is 11.3. The molecule has 0 amide bonds. The molecular formula is C19H19ClFN5O5S. The van der Waals surface area contributed by atoms with Crippen molar-refractivity contribution in [3.05, 3.63) is 50.7 Å². The van der Waals surface area contributed by atoms with Gasteiger partial charge in [0.15, 0.2) is 5.69 Å². The van der Waals surface area contributed by atoms with E-state index in [1.165, 1.54) is 6.92 Å². The van der Waals surface area contributed by atoms with E-state index in [1.807, 2.05) is 0 Å². The lowest BCUT2D eigenvalue weighted by atomic mass is 10.1. The molecule has 1 atom stereocenters. The number of nitrogens with zero attached hydrogens (tertiary/aromatic N) is 5. The predicted molar refractivity (Wildman–Crippen MR) is 113 cm³/mol. The number of benzene rings is 1. The van der Waals surface area contributed by atoms with E-state index in [-0.39, 0.29) is 36.4 Å². The Labute approximate surface area is 188 Å². The van der Waals surface area contributed by atoms with Gasteiger partial charge in [-0.05, 0) is 39.0 Å². The zero-order valence-corrected chi connectivity index (χ0v) is 18.9. The number of ether oxygens (including phenoxy) is 1. The summed E-state index contributed by atoms with van der Waals surface area (Å²) in [4.78, 5) is 20.1. The van der Waals surface area contributed by atoms with Gasteiger partial charge in [0, 0.05) is 18.1 Å². The summed E-state index contributed by atoms with van der Waals surface area (Å²) in [6.45, 7) is 5.78. The number of sulfone groups is 1. The highest BCUT2D eigenvalue weighted by Gasteiger charge is 2.42. The Kier molecular flexibility index (Phi) is 6.37. The van der Waals surface area contributed by atoms with Gasteiger partial charge in [-0.15, -0.1) is 0 Å². The lowest BCUT2D eigenvalue weighted by Crippen LogP contribution is -2.49. The fraction of sp³-hybridized carbons (Fsp3) is 0.421. The number of hydrogen-bond donors (Lipinski definition) is 0. The van der Waals surface area contributed by atoms with E-state index >= 15 is 0 Å². The van der Waals surface area contributed by atoms with Gasteiger partial charge in [-0.25, -0.2) is 22.8 Å². The quantitative estimate of drug-likeness (QED) is 0.463. The van der Waals surface area contributed by atoms with Crippen LogP contribution in [0.4, 0.5) is 15.9 Å². The van der Waals surface area contributed by atoms with Crippen LogP contribution in [-0.4, -0.2) is 48.6 Å². The smallest absolute Gasteiger partial charge is 0.335 e. The zero-order chi connectivity index (χ0) is 23.8. The van der Waals surface area contributed by atoms with Gasteiger partial charge in [-0.2, -0.15) is 5.26 Å². The number of nitro groups is 1. The third-order valence-electron chi connectivity index (χ3n) is 4.79. The molecule has 1 fully saturated rings. The first kappa shape index (κ1) is 23.8. The summed E-state index contributed by atoms with van der Waals surface area (Å²) in [5.74, 6) is -1.28. The first-order valence-electron chi connectivity index (χ1n) is 9.38. The molecule has 1 saturated heterocycles. The minimum atomic E-state index is -4.73. The van der Waals surface area contributed by atoms with Crippen LogP contribution in [0, 0.1) is 34.2 Å². The van der Waals surface area contributed by atoms with Gasteiger partial charge >= 0.3 is 5.69 Å². The molecule has 1 unspecified atom stereocenters. The molecule has 1 aromatic carbocycles. The number of nitriles is 1. The van der Waals surface area contributed by atoms with Crippen molar-refractivity contribution in [2.24, 2.45) is 0 Å². The fourth-order valence-electron chi connectivity index (χ4n) is 3.46. The maximum Gasteiger partial charge on any atom is 0.335 e. The average Bonchev–Trinajstić information content (AvgIpc) is 2.66. The second-order valence-electron chi connectivity index (χ2n) is 7.74. The zero-order valence-electron chi connectivity index (χ0n) is 17.4. The second kappa shape index (κ2) is 8.57. The van der Waals surface area contributed by atoms with Gasteiger partial charge in [0.25, 0.3) is 0 Å². The van der Waals surface area contributed by atoms with Crippen molar-refractivity contribution >= 4 is 32.9 Å². The summed E-state index contributed by atoms with van der Waals surface area (Å²) in [5, 5.41) is 19.5. The Balaban J connectivity index is 2.23. The maximum atomic E-state index is 14.4. The molecular weight excluding hydrogens is 465 g/mol. The second-order valence-corrected chi connectivity index (χ2v) is 10.2. The maximum absolute atomic E-state index is 14.4. The molecule has 1 aliphatic rings. The third kappa shape index (κ3) is 4.50. The number of anilines is 1. The molecule has 0 bridgehead atoms. The lowest BCUT2D eigenvalue weighted by Gasteiger charge is -2.38. The normalized spacial score (nSPS) is 16.9. The van der Waals surface area contributed by atoms with Crippen LogP contribution in [0.25, 0.3) is 0 Å². The van der Waals surface area contributed by atoms with Crippen LogP contribution in [0.2, 0.25) is 5.02 Å². The Morgan fingerprint density at radius 2 is 2.09 bits per heavy atom. The highest BCUT2D eigenvalue weighted by molar-refractivity contribution is 7.92. The molecule has 2 aromatic rings. The van der Waals surface area contributed by atoms with Crippen LogP contribution >= 0.6 is 11.6 Å². The van der Waals surface area contributed by atoms with Crippen LogP contribution in [0.1, 0.15) is 30.6 Å². The van der Waals surface area contributed by atoms with E-state index < -0.39 is 47.7 Å². The minimum absolute atomic E-state index is 0.0249. The Morgan fingerprint density at radius 1 is 1.41 bits per heavy atom. The van der Waals surface area contributed by atoms with E-state index in [0.29, 0.717) is 0 Å². The Bertz CT molecular complexity index is 1230. The van der Waals surface area contributed by atoms with Crippen molar-refractivity contribution < 1.29 is 22.5 Å². The number of halogens is 2. The number of morpholine rings is 1. The van der Waals surface area contributed by atoms with Crippen molar-refractivity contribution in [3.63, 3.8) is 0 Å². The first-order chi connectivity index (χ1) is 14.9. The monoisotopic (exact) mass is 483 g/mol. The number of aryl methyl sites for hydroxylation is 1. The topological polar surface area (TPSA) is 139 Å². The molecule has 1 aromatic heterocycles. The molecule has 0 saturated carbocycles. The summed E-state index contributed by atoms with van der Waals surface area (Å²) in [5.41, 5.74) is -1.99. The third-order valence-corrected chi connectivity index (χ3v) is 6.92. The van der Waals surface area contributed by atoms with Gasteiger partial charge in [-0.3, -0.25) is 10.1 Å². The van der Waals surface area contributed by atoms with E-state index in [4.69, 9.17) is 16.3 Å². The highest BCUT2D eigenvalue weighted by atomic mass is 35.5. The summed E-state index contributed by atoms with van der Waals surface area (Å²) in [6, 6.07) is 4.37. The van der Waals surface area contributed by atoms with Crippen LogP contribution in [0.15, 0.2) is 23.1 Å². The molecule has 0 radical (unpaired) electrons. The number of rotatable bonds is 5. The fourth-order valence-corrected chi connectivity index (χ4v) is 5.06. The average molecular weight is 484 g/mol. The SMILES string of the molecule is Cc1nc(C(C#N)S(=O)(=O)c2ccc(Cl)cc2F)c([N+](=O)[O-])c(N2CCOC(C)(C)C2)n1. The van der Waals surface area contributed by atoms with Crippen LogP contribution in [0.3, 0.4) is 0 Å². The predicted octanol–water partition coefficient (Wildman–Crippen LogP) is 3.14. The number of hydrogen-bond acceptors (Lipinski definition) is 9. The van der Waals surface area contributed by atoms with Crippen molar-refractivity contribution in [3.8, 4) is 6.07 Å². The van der Waals surface area contributed by atoms with Gasteiger partial charge < -0.3 is 9.64 Å². The Morgan fingerprint density at radius 3 is 2.66 bits per heavy atom. The molecule has 170 valence electrons. The standard InChI is InChI=1S/C19H19ClFN5O5S/c1-11-23-16(15(9-22)32(29,30)14-5-4-12(20)8-13(14)21)17(26(27)28)18(24-11)25-6-7-31-19(2,3)10-25/h4-5,8,15H,6-7,10H2,1-3H3. The van der Waals surface area contributed by atoms with Crippen LogP contribution in [-0.2, 0) is 14.6 Å². The molecule has 0 aliphatic carbocycles. The summed E-state index contributed by atoms with van der Waals surface area (Å²) in [7, 11) is -4.73. The molecule has 0 spiro atoms. The van der Waals surface area contributed by atoms with Crippen molar-refractivity contribution in [1.29, 1.82) is 5.26 Å². The van der Waals surface area contributed by atoms with E-state index in [2.05, 4.69) is 9.97 Å². The molecule has 2 heterocycles. The lowest BCUT2D eigenvalue weighted by molar-refractivity contribution is -0.385. The highest BCUT2D eigenvalue weighted by Crippen LogP contribution is 2.39. The molecule has 1 aliphatic heterocycles. The molecule has 32 heavy (non-hydrogen) atoms. The van der Waals surface area contributed by atoms with Crippen LogP contribution < -0.4 is 4.90 Å². The van der Waals surface area contributed by atoms with Gasteiger partial charge in [0.2, 0.25) is 20.9 Å². The summed E-state index contributed by atoms with van der Waals surface area (Å²) >= 11 is 5.69. The molecule has 13 heteroatoms. The number of aromatic nitrogens is 2. The van der Waals surface area contributed by atoms with Crippen molar-refractivity contribution in [2.45, 2.75) is 36.5 Å². The van der Waals surface area contributed by atoms with E-state index in [1.54, 1.807) is 24.8 Å². The van der Waals surface area contributed by atoms with Crippen LogP contribution in [0.5, 0.6) is 0 Å². The largest absolute Gasteiger partial charge is 0.372 e. The van der Waals surface area contributed by atoms with Gasteiger partial charge in [0.05, 0.1) is 23.2 Å². The van der Waals surface area contributed by atoms with Gasteiger partial charge in [0.1, 0.15) is 16.5 Å². The Hall–Kier alpha value is -2.88. The molecule has 3 rings (SSSR count). The van der Waals surface area contributed by atoms with E-state index in [0.717, 1.165) is 18.2 Å². The molecule has 10 nitrogen and oxygen atoms in total. The summed E-state index contributed by atoms with van der Waals surface area (Å²) < 4.78 is 46.3. The minimum Gasteiger partial charge on any atom is -0.372 e. The van der Waals surface area contributed by atoms with E-state index in [9.17, 15) is 28.2 Å².